The summed E-state index contributed by atoms with van der Waals surface area (Å²) in [5.74, 6) is -0.105. The molecule has 7 nitrogen and oxygen atoms in total. The van der Waals surface area contributed by atoms with Crippen molar-refractivity contribution >= 4 is 17.1 Å². The van der Waals surface area contributed by atoms with Crippen molar-refractivity contribution in [3.63, 3.8) is 0 Å². The molecule has 0 bridgehead atoms. The fourth-order valence-electron chi connectivity index (χ4n) is 6.13. The molecule has 3 rings (SSSR count). The average Bonchev–Trinajstić information content (AvgIpc) is 2.80. The van der Waals surface area contributed by atoms with Gasteiger partial charge in [0.25, 0.3) is 5.69 Å². The fourth-order valence-corrected chi connectivity index (χ4v) is 6.13. The van der Waals surface area contributed by atoms with Crippen molar-refractivity contribution in [3.05, 3.63) is 75.8 Å². The summed E-state index contributed by atoms with van der Waals surface area (Å²) < 4.78 is 0. The molecule has 7 heteroatoms. The van der Waals surface area contributed by atoms with E-state index in [-0.39, 0.29) is 50.2 Å². The van der Waals surface area contributed by atoms with E-state index in [2.05, 4.69) is 79.5 Å². The molecule has 0 aliphatic heterocycles. The van der Waals surface area contributed by atoms with Crippen LogP contribution < -0.4 is 0 Å². The first-order chi connectivity index (χ1) is 18.7. The lowest BCUT2D eigenvalue weighted by Gasteiger charge is -2.34. The molecule has 0 radical (unpaired) electrons. The SMILES string of the molecule is CC(C)(C)CC(C)(C)c1ccc(O)c(-c2cc(C(C)(C)CC(C)(C)C)cc(N=Nc3ccccc3[N+](=O)[O-])c2O)c1. The Bertz CT molecular complexity index is 1460. The number of nitrogens with zero attached hydrogens (tertiary/aromatic N) is 3. The van der Waals surface area contributed by atoms with Crippen LogP contribution in [0.4, 0.5) is 17.1 Å². The Kier molecular flexibility index (Phi) is 8.73. The molecule has 0 aliphatic carbocycles. The van der Waals surface area contributed by atoms with E-state index in [0.29, 0.717) is 11.1 Å². The van der Waals surface area contributed by atoms with E-state index in [1.54, 1.807) is 24.3 Å². The number of rotatable bonds is 8. The summed E-state index contributed by atoms with van der Waals surface area (Å²) >= 11 is 0. The first-order valence-electron chi connectivity index (χ1n) is 14.1. The van der Waals surface area contributed by atoms with Crippen molar-refractivity contribution in [2.24, 2.45) is 21.1 Å². The van der Waals surface area contributed by atoms with Crippen LogP contribution in [0.2, 0.25) is 0 Å². The van der Waals surface area contributed by atoms with Gasteiger partial charge in [-0.15, -0.1) is 10.2 Å². The molecule has 0 spiro atoms. The van der Waals surface area contributed by atoms with E-state index in [4.69, 9.17) is 0 Å². The number of nitro benzene ring substituents is 1. The zero-order chi connectivity index (χ0) is 31.0. The van der Waals surface area contributed by atoms with Crippen molar-refractivity contribution in [1.82, 2.24) is 0 Å². The molecule has 0 amide bonds. The lowest BCUT2D eigenvalue weighted by atomic mass is 9.71. The van der Waals surface area contributed by atoms with Crippen molar-refractivity contribution in [2.75, 3.05) is 0 Å². The summed E-state index contributed by atoms with van der Waals surface area (Å²) in [6.07, 6.45) is 1.76. The van der Waals surface area contributed by atoms with Gasteiger partial charge in [-0.2, -0.15) is 0 Å². The van der Waals surface area contributed by atoms with Crippen LogP contribution >= 0.6 is 0 Å². The van der Waals surface area contributed by atoms with Gasteiger partial charge in [0, 0.05) is 17.2 Å². The minimum Gasteiger partial charge on any atom is -0.507 e. The van der Waals surface area contributed by atoms with E-state index in [1.165, 1.54) is 12.1 Å². The number of aromatic hydroxyl groups is 2. The van der Waals surface area contributed by atoms with Gasteiger partial charge in [0.1, 0.15) is 11.4 Å². The van der Waals surface area contributed by atoms with Gasteiger partial charge in [0.2, 0.25) is 0 Å². The maximum atomic E-state index is 11.5. The third-order valence-electron chi connectivity index (χ3n) is 7.23. The van der Waals surface area contributed by atoms with Gasteiger partial charge in [-0.1, -0.05) is 87.4 Å². The number of nitro groups is 1. The van der Waals surface area contributed by atoms with Crippen LogP contribution in [0.1, 0.15) is 93.2 Å². The Morgan fingerprint density at radius 1 is 0.683 bits per heavy atom. The molecule has 220 valence electrons. The molecule has 3 aromatic rings. The Morgan fingerprint density at radius 2 is 1.20 bits per heavy atom. The highest BCUT2D eigenvalue weighted by molar-refractivity contribution is 5.82. The third kappa shape index (κ3) is 7.93. The second-order valence-corrected chi connectivity index (χ2v) is 14.8. The highest BCUT2D eigenvalue weighted by Gasteiger charge is 2.31. The van der Waals surface area contributed by atoms with Crippen molar-refractivity contribution < 1.29 is 15.1 Å². The molecule has 0 aromatic heterocycles. The Balaban J connectivity index is 2.27. The molecular weight excluding hydrogens is 514 g/mol. The number of para-hydroxylation sites is 1. The number of phenols is 2. The third-order valence-corrected chi connectivity index (χ3v) is 7.23. The summed E-state index contributed by atoms with van der Waals surface area (Å²) in [5, 5.41) is 42.6. The predicted molar refractivity (Wildman–Crippen MR) is 167 cm³/mol. The van der Waals surface area contributed by atoms with E-state index >= 15 is 0 Å². The molecule has 0 fully saturated rings. The van der Waals surface area contributed by atoms with Crippen molar-refractivity contribution in [3.8, 4) is 22.6 Å². The number of phenolic OH excluding ortho intramolecular Hbond substituents is 2. The number of benzene rings is 3. The van der Waals surface area contributed by atoms with E-state index in [1.807, 2.05) is 18.2 Å². The molecule has 0 saturated carbocycles. The number of hydrogen-bond donors (Lipinski definition) is 2. The average molecular weight is 560 g/mol. The second kappa shape index (κ2) is 11.3. The summed E-state index contributed by atoms with van der Waals surface area (Å²) in [7, 11) is 0. The minimum atomic E-state index is -0.509. The van der Waals surface area contributed by atoms with Gasteiger partial charge in [-0.25, -0.2) is 0 Å². The van der Waals surface area contributed by atoms with E-state index in [9.17, 15) is 20.3 Å². The van der Waals surface area contributed by atoms with Crippen LogP contribution in [0.5, 0.6) is 11.5 Å². The smallest absolute Gasteiger partial charge is 0.296 e. The Hall–Kier alpha value is -3.74. The van der Waals surface area contributed by atoms with Crippen LogP contribution in [0.3, 0.4) is 0 Å². The zero-order valence-corrected chi connectivity index (χ0v) is 26.2. The van der Waals surface area contributed by atoms with Crippen LogP contribution in [0.15, 0.2) is 64.8 Å². The predicted octanol–water partition coefficient (Wildman–Crippen LogP) is 10.5. The topological polar surface area (TPSA) is 108 Å². The molecule has 0 atom stereocenters. The summed E-state index contributed by atoms with van der Waals surface area (Å²) in [6.45, 7) is 21.8. The summed E-state index contributed by atoms with van der Waals surface area (Å²) in [4.78, 5) is 11.0. The van der Waals surface area contributed by atoms with Crippen molar-refractivity contribution in [2.45, 2.75) is 92.9 Å². The van der Waals surface area contributed by atoms with E-state index < -0.39 is 4.92 Å². The molecule has 0 unspecified atom stereocenters. The maximum Gasteiger partial charge on any atom is 0.296 e. The first kappa shape index (κ1) is 31.8. The van der Waals surface area contributed by atoms with Crippen LogP contribution in [-0.4, -0.2) is 15.1 Å². The molecule has 0 aliphatic rings. The monoisotopic (exact) mass is 559 g/mol. The number of azo groups is 1. The molecule has 0 saturated heterocycles. The lowest BCUT2D eigenvalue weighted by molar-refractivity contribution is -0.384. The first-order valence-corrected chi connectivity index (χ1v) is 14.1. The van der Waals surface area contributed by atoms with Crippen LogP contribution in [0, 0.1) is 20.9 Å². The highest BCUT2D eigenvalue weighted by Crippen LogP contribution is 2.48. The minimum absolute atomic E-state index is 0.0208. The van der Waals surface area contributed by atoms with E-state index in [0.717, 1.165) is 24.0 Å². The molecule has 2 N–H and O–H groups in total. The normalized spacial score (nSPS) is 13.1. The molecule has 3 aromatic carbocycles. The second-order valence-electron chi connectivity index (χ2n) is 14.8. The number of hydrogen-bond acceptors (Lipinski definition) is 6. The Labute approximate surface area is 244 Å². The fraction of sp³-hybridized carbons (Fsp3) is 0.471. The van der Waals surface area contributed by atoms with Crippen LogP contribution in [0.25, 0.3) is 11.1 Å². The van der Waals surface area contributed by atoms with Crippen molar-refractivity contribution in [1.29, 1.82) is 0 Å². The van der Waals surface area contributed by atoms with Gasteiger partial charge in [0.15, 0.2) is 11.4 Å². The van der Waals surface area contributed by atoms with Gasteiger partial charge in [-0.05, 0) is 76.0 Å². The van der Waals surface area contributed by atoms with Crippen LogP contribution in [-0.2, 0) is 10.8 Å². The lowest BCUT2D eigenvalue weighted by Crippen LogP contribution is -2.25. The Morgan fingerprint density at radius 3 is 1.76 bits per heavy atom. The highest BCUT2D eigenvalue weighted by atomic mass is 16.6. The summed E-state index contributed by atoms with van der Waals surface area (Å²) in [6, 6.07) is 15.4. The van der Waals surface area contributed by atoms with Gasteiger partial charge >= 0.3 is 0 Å². The quantitative estimate of drug-likeness (QED) is 0.162. The van der Waals surface area contributed by atoms with Gasteiger partial charge in [-0.3, -0.25) is 10.1 Å². The maximum absolute atomic E-state index is 11.5. The van der Waals surface area contributed by atoms with Gasteiger partial charge < -0.3 is 10.2 Å². The molecule has 0 heterocycles. The molecule has 41 heavy (non-hydrogen) atoms. The van der Waals surface area contributed by atoms with Gasteiger partial charge in [0.05, 0.1) is 4.92 Å². The molecular formula is C34H45N3O4. The zero-order valence-electron chi connectivity index (χ0n) is 26.2. The standard InChI is InChI=1S/C34H45N3O4/c1-31(2,3)20-33(7,8)22-15-16-29(38)24(17-22)25-18-23(34(9,10)21-32(4,5)6)19-27(30(25)39)36-35-26-13-11-12-14-28(26)37(40)41/h11-19,38-39H,20-21H2,1-10H3. The summed E-state index contributed by atoms with van der Waals surface area (Å²) in [5.41, 5.74) is 2.59. The largest absolute Gasteiger partial charge is 0.507 e.